The number of hydrogen-bond donors (Lipinski definition) is 3. The fourth-order valence-electron chi connectivity index (χ4n) is 10.9. The second-order valence-corrected chi connectivity index (χ2v) is 30.5. The first-order valence-electron chi connectivity index (χ1n) is 42.4. The third-order valence-electron chi connectivity index (χ3n) is 17.2. The molecule has 0 fully saturated rings. The van der Waals surface area contributed by atoms with E-state index in [-0.39, 0.29) is 25.7 Å². The second-order valence-electron chi connectivity index (χ2n) is 27.6. The molecular formula is C91H150O17P2. The normalized spacial score (nSPS) is 14.6. The van der Waals surface area contributed by atoms with Crippen LogP contribution in [0.15, 0.2) is 170 Å². The molecule has 0 spiro atoms. The van der Waals surface area contributed by atoms with E-state index in [2.05, 4.69) is 198 Å². The second kappa shape index (κ2) is 81.4. The number of carbonyl (C=O) groups excluding carboxylic acids is 4. The minimum absolute atomic E-state index is 0.0529. The van der Waals surface area contributed by atoms with E-state index < -0.39 is 97.5 Å². The van der Waals surface area contributed by atoms with Crippen LogP contribution in [0, 0.1) is 0 Å². The Morgan fingerprint density at radius 2 is 0.473 bits per heavy atom. The number of aliphatic hydroxyl groups excluding tert-OH is 1. The first-order chi connectivity index (χ1) is 53.7. The Hall–Kier alpha value is -5.58. The number of rotatable bonds is 78. The number of phosphoric acid groups is 2. The van der Waals surface area contributed by atoms with Gasteiger partial charge in [-0.2, -0.15) is 0 Å². The van der Waals surface area contributed by atoms with E-state index >= 15 is 0 Å². The Morgan fingerprint density at radius 3 is 0.736 bits per heavy atom. The van der Waals surface area contributed by atoms with Crippen molar-refractivity contribution in [2.24, 2.45) is 0 Å². The highest BCUT2D eigenvalue weighted by Crippen LogP contribution is 2.45. The lowest BCUT2D eigenvalue weighted by Crippen LogP contribution is -2.30. The number of ether oxygens (including phenoxy) is 4. The lowest BCUT2D eigenvalue weighted by molar-refractivity contribution is -0.161. The number of phosphoric ester groups is 2. The molecule has 0 saturated heterocycles. The monoisotopic (exact) mass is 1580 g/mol. The van der Waals surface area contributed by atoms with Gasteiger partial charge in [-0.1, -0.05) is 313 Å². The molecule has 0 rings (SSSR count). The number of aliphatic hydroxyl groups is 1. The maximum Gasteiger partial charge on any atom is 0.472 e. The molecule has 17 nitrogen and oxygen atoms in total. The Labute approximate surface area is 667 Å². The smallest absolute Gasteiger partial charge is 0.462 e. The molecule has 5 unspecified atom stereocenters. The molecule has 0 aromatic rings. The van der Waals surface area contributed by atoms with Crippen molar-refractivity contribution in [1.82, 2.24) is 0 Å². The Morgan fingerprint density at radius 1 is 0.264 bits per heavy atom. The standard InChI is InChI=1S/C91H150O17P2/c1-5-9-13-17-21-25-29-33-37-40-42-45-48-51-55-59-63-67-71-75-88(93)101-81-86(107-90(95)77-73-69-65-61-57-53-47-36-32-28-24-20-16-12-8-4)83-105-109(97,98)103-79-85(92)80-104-110(99,100)106-84-87(108-91(96)78-74-70-66-62-58-54-50-44-39-35-31-27-23-19-15-11-7-3)82-102-89(94)76-72-68-64-60-56-52-49-46-43-41-38-34-30-26-22-18-14-10-6-2/h9-11,13-15,21-23,25-27,33-35,37-39,42-43,45-46,50-52,54-56,85-87,92H,5-8,12,16-20,24,28-32,36,40-41,44,47-49,53,57-84H2,1-4H3,(H,97,98)(H,99,100)/b13-9-,14-10-,15-11-,25-21-,26-22-,27-23-,37-33-,38-34-,39-35-,45-42-,46-43-,54-50-,55-51-,56-52-. The summed E-state index contributed by atoms with van der Waals surface area (Å²) in [4.78, 5) is 73.3. The SMILES string of the molecule is CC/C=C\C/C=C\C/C=C\C/C=C\C/C=C\CCCCCC(=O)OCC(COP(=O)(O)OCC(O)COP(=O)(O)OCC(COC(=O)CCCCC/C=C\C/C=C\C/C=C\C/C=C\C/C=C\CC)OC(=O)CCCCCCCCCCCCCCCCC)OC(=O)CCCCCC/C=C\C/C=C\C/C=C\C/C=C\CC. The summed E-state index contributed by atoms with van der Waals surface area (Å²) in [5.74, 6) is -2.28. The predicted octanol–water partition coefficient (Wildman–Crippen LogP) is 25.3. The van der Waals surface area contributed by atoms with E-state index in [9.17, 15) is 43.2 Å². The Bertz CT molecular complexity index is 2750. The van der Waals surface area contributed by atoms with E-state index in [0.29, 0.717) is 25.7 Å². The van der Waals surface area contributed by atoms with Gasteiger partial charge in [0.1, 0.15) is 19.3 Å². The summed E-state index contributed by atoms with van der Waals surface area (Å²) in [5.41, 5.74) is 0. The van der Waals surface area contributed by atoms with Crippen molar-refractivity contribution >= 4 is 39.5 Å². The number of hydrogen-bond acceptors (Lipinski definition) is 15. The summed E-state index contributed by atoms with van der Waals surface area (Å²) in [6.07, 6.45) is 97.4. The van der Waals surface area contributed by atoms with Gasteiger partial charge in [-0.15, -0.1) is 0 Å². The van der Waals surface area contributed by atoms with Crippen molar-refractivity contribution in [3.8, 4) is 0 Å². The molecule has 0 saturated carbocycles. The highest BCUT2D eigenvalue weighted by molar-refractivity contribution is 7.47. The van der Waals surface area contributed by atoms with Gasteiger partial charge < -0.3 is 33.8 Å². The van der Waals surface area contributed by atoms with Gasteiger partial charge in [0.25, 0.3) is 0 Å². The number of esters is 4. The largest absolute Gasteiger partial charge is 0.472 e. The van der Waals surface area contributed by atoms with Crippen molar-refractivity contribution < 1.29 is 80.2 Å². The van der Waals surface area contributed by atoms with Crippen LogP contribution in [0.5, 0.6) is 0 Å². The molecule has 0 aliphatic carbocycles. The van der Waals surface area contributed by atoms with E-state index in [1.54, 1.807) is 0 Å². The van der Waals surface area contributed by atoms with E-state index in [4.69, 9.17) is 37.0 Å². The van der Waals surface area contributed by atoms with Crippen molar-refractivity contribution in [2.45, 2.75) is 341 Å². The molecule has 0 heterocycles. The molecule has 110 heavy (non-hydrogen) atoms. The molecule has 3 N–H and O–H groups in total. The van der Waals surface area contributed by atoms with Crippen LogP contribution < -0.4 is 0 Å². The maximum atomic E-state index is 13.1. The highest BCUT2D eigenvalue weighted by Gasteiger charge is 2.30. The highest BCUT2D eigenvalue weighted by atomic mass is 31.2. The predicted molar refractivity (Wildman–Crippen MR) is 454 cm³/mol. The minimum Gasteiger partial charge on any atom is -0.462 e. The minimum atomic E-state index is -5.01. The van der Waals surface area contributed by atoms with Crippen LogP contribution in [0.4, 0.5) is 0 Å². The third kappa shape index (κ3) is 80.5. The lowest BCUT2D eigenvalue weighted by Gasteiger charge is -2.21. The summed E-state index contributed by atoms with van der Waals surface area (Å²) in [7, 11) is -10.0. The number of carbonyl (C=O) groups is 4. The quantitative estimate of drug-likeness (QED) is 0.0169. The Balaban J connectivity index is 5.47. The van der Waals surface area contributed by atoms with Crippen LogP contribution in [-0.2, 0) is 65.4 Å². The molecule has 0 aliphatic rings. The zero-order valence-corrected chi connectivity index (χ0v) is 70.4. The molecular weight excluding hydrogens is 1430 g/mol. The van der Waals surface area contributed by atoms with Crippen LogP contribution in [0.1, 0.15) is 323 Å². The summed E-state index contributed by atoms with van der Waals surface area (Å²) < 4.78 is 68.7. The molecule has 5 atom stereocenters. The van der Waals surface area contributed by atoms with Gasteiger partial charge in [-0.3, -0.25) is 37.3 Å². The first kappa shape index (κ1) is 104. The van der Waals surface area contributed by atoms with Gasteiger partial charge >= 0.3 is 39.5 Å². The fraction of sp³-hybridized carbons (Fsp3) is 0.648. The molecule has 0 aliphatic heterocycles. The van der Waals surface area contributed by atoms with E-state index in [1.807, 2.05) is 0 Å². The van der Waals surface area contributed by atoms with E-state index in [0.717, 1.165) is 180 Å². The third-order valence-corrected chi connectivity index (χ3v) is 19.1. The lowest BCUT2D eigenvalue weighted by atomic mass is 10.0. The van der Waals surface area contributed by atoms with Crippen molar-refractivity contribution in [2.75, 3.05) is 39.6 Å². The van der Waals surface area contributed by atoms with Crippen LogP contribution in [0.25, 0.3) is 0 Å². The fourth-order valence-corrected chi connectivity index (χ4v) is 12.4. The van der Waals surface area contributed by atoms with Gasteiger partial charge in [0.05, 0.1) is 26.4 Å². The molecule has 0 bridgehead atoms. The average molecular weight is 1580 g/mol. The summed E-state index contributed by atoms with van der Waals surface area (Å²) in [6, 6.07) is 0. The molecule has 0 amide bonds. The van der Waals surface area contributed by atoms with E-state index in [1.165, 1.54) is 64.2 Å². The van der Waals surface area contributed by atoms with Crippen molar-refractivity contribution in [3.63, 3.8) is 0 Å². The summed E-state index contributed by atoms with van der Waals surface area (Å²) in [5, 5.41) is 10.7. The van der Waals surface area contributed by atoms with Crippen LogP contribution >= 0.6 is 15.6 Å². The van der Waals surface area contributed by atoms with Crippen LogP contribution in [-0.4, -0.2) is 96.7 Å². The molecule has 0 aromatic carbocycles. The molecule has 626 valence electrons. The zero-order valence-electron chi connectivity index (χ0n) is 68.6. The Kier molecular flexibility index (Phi) is 77.3. The van der Waals surface area contributed by atoms with Gasteiger partial charge in [0, 0.05) is 25.7 Å². The average Bonchev–Trinajstić information content (AvgIpc) is 0.906. The molecule has 0 radical (unpaired) electrons. The van der Waals surface area contributed by atoms with Crippen LogP contribution in [0.2, 0.25) is 0 Å². The number of unbranched alkanes of at least 4 members (excludes halogenated alkanes) is 24. The summed E-state index contributed by atoms with van der Waals surface area (Å²) >= 11 is 0. The van der Waals surface area contributed by atoms with Crippen LogP contribution in [0.3, 0.4) is 0 Å². The molecule has 0 aromatic heterocycles. The van der Waals surface area contributed by atoms with Gasteiger partial charge in [0.15, 0.2) is 12.2 Å². The van der Waals surface area contributed by atoms with Crippen molar-refractivity contribution in [1.29, 1.82) is 0 Å². The van der Waals surface area contributed by atoms with Crippen molar-refractivity contribution in [3.05, 3.63) is 170 Å². The van der Waals surface area contributed by atoms with Gasteiger partial charge in [-0.25, -0.2) is 9.13 Å². The maximum absolute atomic E-state index is 13.1. The number of allylic oxidation sites excluding steroid dienone is 28. The summed E-state index contributed by atoms with van der Waals surface area (Å²) in [6.45, 7) is 4.45. The topological polar surface area (TPSA) is 237 Å². The molecule has 19 heteroatoms. The first-order valence-corrected chi connectivity index (χ1v) is 45.4. The zero-order chi connectivity index (χ0) is 80.3. The van der Waals surface area contributed by atoms with Gasteiger partial charge in [-0.05, 0) is 154 Å². The van der Waals surface area contributed by atoms with Gasteiger partial charge in [0.2, 0.25) is 0 Å².